The number of aromatic nitrogens is 1. The summed E-state index contributed by atoms with van der Waals surface area (Å²) in [5, 5.41) is 2.32. The van der Waals surface area contributed by atoms with E-state index < -0.39 is 0 Å². The number of pyridine rings is 1. The van der Waals surface area contributed by atoms with Crippen molar-refractivity contribution in [1.29, 1.82) is 0 Å². The van der Waals surface area contributed by atoms with Crippen LogP contribution in [0.15, 0.2) is 36.7 Å². The van der Waals surface area contributed by atoms with E-state index in [0.29, 0.717) is 12.1 Å². The van der Waals surface area contributed by atoms with Crippen molar-refractivity contribution in [3.05, 3.63) is 36.7 Å². The number of hydrogen-bond donors (Lipinski definition) is 1. The number of benzene rings is 1. The third-order valence-corrected chi connectivity index (χ3v) is 3.63. The third-order valence-electron chi connectivity index (χ3n) is 3.63. The van der Waals surface area contributed by atoms with Crippen LogP contribution < -0.4 is 10.5 Å². The van der Waals surface area contributed by atoms with Gasteiger partial charge in [0.2, 0.25) is 0 Å². The second-order valence-electron chi connectivity index (χ2n) is 5.04. The molecule has 1 heterocycles. The summed E-state index contributed by atoms with van der Waals surface area (Å²) in [5.41, 5.74) is 5.90. The van der Waals surface area contributed by atoms with Crippen molar-refractivity contribution in [3.8, 4) is 5.75 Å². The molecule has 0 amide bonds. The Morgan fingerprint density at radius 2 is 1.89 bits per heavy atom. The molecule has 1 aliphatic carbocycles. The van der Waals surface area contributed by atoms with Crippen molar-refractivity contribution >= 4 is 10.8 Å². The van der Waals surface area contributed by atoms with E-state index in [0.717, 1.165) is 36.8 Å². The Labute approximate surface area is 107 Å². The lowest BCUT2D eigenvalue weighted by Gasteiger charge is -2.26. The van der Waals surface area contributed by atoms with Gasteiger partial charge < -0.3 is 10.5 Å². The van der Waals surface area contributed by atoms with Crippen LogP contribution >= 0.6 is 0 Å². The number of ether oxygens (including phenoxy) is 1. The van der Waals surface area contributed by atoms with E-state index in [9.17, 15) is 0 Å². The Kier molecular flexibility index (Phi) is 3.15. The normalized spacial score (nSPS) is 24.1. The molecule has 0 unspecified atom stereocenters. The van der Waals surface area contributed by atoms with E-state index in [1.54, 1.807) is 0 Å². The van der Waals surface area contributed by atoms with E-state index in [1.807, 2.05) is 24.5 Å². The molecule has 0 spiro atoms. The minimum Gasteiger partial charge on any atom is -0.490 e. The standard InChI is InChI=1S/C15H18N2O/c16-13-2-5-14(6-3-13)18-15-4-1-12-10-17-8-7-11(12)9-15/h1,4,7-10,13-14H,2-3,5-6,16H2/t13-,14+. The molecule has 0 atom stereocenters. The Bertz CT molecular complexity index is 533. The average Bonchev–Trinajstić information content (AvgIpc) is 2.41. The first-order valence-corrected chi connectivity index (χ1v) is 6.57. The van der Waals surface area contributed by atoms with E-state index in [2.05, 4.69) is 17.1 Å². The van der Waals surface area contributed by atoms with Gasteiger partial charge in [-0.2, -0.15) is 0 Å². The highest BCUT2D eigenvalue weighted by Crippen LogP contribution is 2.25. The van der Waals surface area contributed by atoms with E-state index in [-0.39, 0.29) is 0 Å². The van der Waals surface area contributed by atoms with Crippen molar-refractivity contribution in [3.63, 3.8) is 0 Å². The van der Waals surface area contributed by atoms with Gasteiger partial charge in [0.25, 0.3) is 0 Å². The predicted octanol–water partition coefficient (Wildman–Crippen LogP) is 2.88. The lowest BCUT2D eigenvalue weighted by atomic mass is 9.94. The van der Waals surface area contributed by atoms with E-state index >= 15 is 0 Å². The minimum atomic E-state index is 0.323. The zero-order valence-electron chi connectivity index (χ0n) is 10.4. The van der Waals surface area contributed by atoms with Crippen molar-refractivity contribution < 1.29 is 4.74 Å². The fraction of sp³-hybridized carbons (Fsp3) is 0.400. The molecule has 18 heavy (non-hydrogen) atoms. The van der Waals surface area contributed by atoms with Gasteiger partial charge in [0.05, 0.1) is 6.10 Å². The highest BCUT2D eigenvalue weighted by Gasteiger charge is 2.19. The molecule has 2 N–H and O–H groups in total. The van der Waals surface area contributed by atoms with Gasteiger partial charge in [-0.3, -0.25) is 4.98 Å². The van der Waals surface area contributed by atoms with Crippen LogP contribution in [0.25, 0.3) is 10.8 Å². The van der Waals surface area contributed by atoms with Crippen molar-refractivity contribution in [2.75, 3.05) is 0 Å². The maximum Gasteiger partial charge on any atom is 0.120 e. The van der Waals surface area contributed by atoms with Gasteiger partial charge in [-0.05, 0) is 55.3 Å². The summed E-state index contributed by atoms with van der Waals surface area (Å²) < 4.78 is 6.04. The molecular formula is C15H18N2O. The van der Waals surface area contributed by atoms with E-state index in [4.69, 9.17) is 10.5 Å². The van der Waals surface area contributed by atoms with Crippen molar-refractivity contribution in [2.45, 2.75) is 37.8 Å². The molecule has 0 saturated heterocycles. The first-order chi connectivity index (χ1) is 8.81. The highest BCUT2D eigenvalue weighted by atomic mass is 16.5. The molecule has 2 aromatic rings. The van der Waals surface area contributed by atoms with Gasteiger partial charge in [0.1, 0.15) is 5.75 Å². The zero-order valence-corrected chi connectivity index (χ0v) is 10.4. The Morgan fingerprint density at radius 1 is 1.06 bits per heavy atom. The SMILES string of the molecule is N[C@H]1CC[C@@H](Oc2ccc3cnccc3c2)CC1. The lowest BCUT2D eigenvalue weighted by Crippen LogP contribution is -2.31. The van der Waals surface area contributed by atoms with Gasteiger partial charge >= 0.3 is 0 Å². The fourth-order valence-electron chi connectivity index (χ4n) is 2.53. The number of nitrogens with two attached hydrogens (primary N) is 1. The van der Waals surface area contributed by atoms with Gasteiger partial charge in [0.15, 0.2) is 0 Å². The topological polar surface area (TPSA) is 48.1 Å². The minimum absolute atomic E-state index is 0.323. The summed E-state index contributed by atoms with van der Waals surface area (Å²) in [6, 6.07) is 8.56. The van der Waals surface area contributed by atoms with Gasteiger partial charge in [-0.25, -0.2) is 0 Å². The summed E-state index contributed by atoms with van der Waals surface area (Å²) >= 11 is 0. The third kappa shape index (κ3) is 2.46. The number of rotatable bonds is 2. The molecule has 0 radical (unpaired) electrons. The number of nitrogens with zero attached hydrogens (tertiary/aromatic N) is 1. The molecule has 3 heteroatoms. The Hall–Kier alpha value is -1.61. The van der Waals surface area contributed by atoms with Crippen molar-refractivity contribution in [2.24, 2.45) is 5.73 Å². The van der Waals surface area contributed by atoms with Crippen LogP contribution in [-0.2, 0) is 0 Å². The highest BCUT2D eigenvalue weighted by molar-refractivity contribution is 5.82. The molecule has 3 nitrogen and oxygen atoms in total. The van der Waals surface area contributed by atoms with Crippen molar-refractivity contribution in [1.82, 2.24) is 4.98 Å². The smallest absolute Gasteiger partial charge is 0.120 e. The Balaban J connectivity index is 1.74. The molecule has 1 fully saturated rings. The summed E-state index contributed by atoms with van der Waals surface area (Å²) in [6.07, 6.45) is 8.28. The van der Waals surface area contributed by atoms with Crippen LogP contribution in [0.4, 0.5) is 0 Å². The predicted molar refractivity (Wildman–Crippen MR) is 72.6 cm³/mol. The summed E-state index contributed by atoms with van der Waals surface area (Å²) in [7, 11) is 0. The molecule has 3 rings (SSSR count). The second-order valence-corrected chi connectivity index (χ2v) is 5.04. The van der Waals surface area contributed by atoms with Crippen LogP contribution in [0.3, 0.4) is 0 Å². The molecule has 1 aromatic carbocycles. The summed E-state index contributed by atoms with van der Waals surface area (Å²) in [4.78, 5) is 4.11. The van der Waals surface area contributed by atoms with Gasteiger partial charge in [0, 0.05) is 23.8 Å². The van der Waals surface area contributed by atoms with Crippen LogP contribution in [-0.4, -0.2) is 17.1 Å². The molecule has 1 aromatic heterocycles. The largest absolute Gasteiger partial charge is 0.490 e. The number of hydrogen-bond acceptors (Lipinski definition) is 3. The lowest BCUT2D eigenvalue weighted by molar-refractivity contribution is 0.147. The first-order valence-electron chi connectivity index (χ1n) is 6.57. The summed E-state index contributed by atoms with van der Waals surface area (Å²) in [6.45, 7) is 0. The van der Waals surface area contributed by atoms with Crippen LogP contribution in [0.1, 0.15) is 25.7 Å². The van der Waals surface area contributed by atoms with Gasteiger partial charge in [-0.1, -0.05) is 0 Å². The molecule has 1 aliphatic rings. The van der Waals surface area contributed by atoms with Crippen LogP contribution in [0.5, 0.6) is 5.75 Å². The quantitative estimate of drug-likeness (QED) is 0.880. The molecule has 0 bridgehead atoms. The fourth-order valence-corrected chi connectivity index (χ4v) is 2.53. The maximum atomic E-state index is 6.04. The zero-order chi connectivity index (χ0) is 12.4. The first kappa shape index (κ1) is 11.5. The maximum absolute atomic E-state index is 6.04. The molecule has 94 valence electrons. The average molecular weight is 242 g/mol. The molecular weight excluding hydrogens is 224 g/mol. The van der Waals surface area contributed by atoms with E-state index in [1.165, 1.54) is 5.39 Å². The molecule has 0 aliphatic heterocycles. The van der Waals surface area contributed by atoms with Crippen LogP contribution in [0, 0.1) is 0 Å². The molecule has 1 saturated carbocycles. The van der Waals surface area contributed by atoms with Crippen LogP contribution in [0.2, 0.25) is 0 Å². The summed E-state index contributed by atoms with van der Waals surface area (Å²) in [5.74, 6) is 0.953. The number of fused-ring (bicyclic) bond motifs is 1. The van der Waals surface area contributed by atoms with Gasteiger partial charge in [-0.15, -0.1) is 0 Å². The second kappa shape index (κ2) is 4.94. The Morgan fingerprint density at radius 3 is 2.72 bits per heavy atom. The monoisotopic (exact) mass is 242 g/mol.